The molecule has 0 spiro atoms. The summed E-state index contributed by atoms with van der Waals surface area (Å²) in [4.78, 5) is 13.2. The number of rotatable bonds is 3. The summed E-state index contributed by atoms with van der Waals surface area (Å²) in [6.45, 7) is 4.86. The molecule has 0 aromatic carbocycles. The highest BCUT2D eigenvalue weighted by Gasteiger charge is 2.18. The second kappa shape index (κ2) is 5.94. The van der Waals surface area contributed by atoms with Crippen molar-refractivity contribution in [3.05, 3.63) is 42.1 Å². The van der Waals surface area contributed by atoms with E-state index in [1.807, 2.05) is 31.7 Å². The molecule has 1 saturated heterocycles. The molecule has 2 aromatic heterocycles. The maximum atomic E-state index is 8.80. The van der Waals surface area contributed by atoms with Crippen molar-refractivity contribution in [1.29, 1.82) is 5.26 Å². The standard InChI is InChI=1S/C15H18N6/c1-19-12-17-10-14(19)11-20-4-6-21(7-5-20)15-3-2-13(8-16)9-18-15/h2-3,9-10,12H,4-7,11H2,1H3. The Kier molecular flexibility index (Phi) is 3.84. The Bertz CT molecular complexity index is 631. The molecule has 0 unspecified atom stereocenters. The molecule has 1 aliphatic rings. The monoisotopic (exact) mass is 282 g/mol. The first-order valence-electron chi connectivity index (χ1n) is 7.05. The van der Waals surface area contributed by atoms with Crippen molar-refractivity contribution in [3.63, 3.8) is 0 Å². The molecule has 1 fully saturated rings. The van der Waals surface area contributed by atoms with Gasteiger partial charge in [0.1, 0.15) is 11.9 Å². The lowest BCUT2D eigenvalue weighted by Crippen LogP contribution is -2.46. The van der Waals surface area contributed by atoms with E-state index in [4.69, 9.17) is 5.26 Å². The third-order valence-electron chi connectivity index (χ3n) is 3.88. The van der Waals surface area contributed by atoms with Crippen LogP contribution in [0.4, 0.5) is 5.82 Å². The summed E-state index contributed by atoms with van der Waals surface area (Å²) in [7, 11) is 2.03. The van der Waals surface area contributed by atoms with Gasteiger partial charge in [0.15, 0.2) is 0 Å². The maximum absolute atomic E-state index is 8.80. The molecule has 108 valence electrons. The number of nitrogens with zero attached hydrogens (tertiary/aromatic N) is 6. The average molecular weight is 282 g/mol. The minimum Gasteiger partial charge on any atom is -0.354 e. The van der Waals surface area contributed by atoms with Crippen LogP contribution in [0.25, 0.3) is 0 Å². The van der Waals surface area contributed by atoms with E-state index >= 15 is 0 Å². The molecule has 1 aliphatic heterocycles. The highest BCUT2D eigenvalue weighted by molar-refractivity contribution is 5.42. The van der Waals surface area contributed by atoms with Gasteiger partial charge in [-0.2, -0.15) is 5.26 Å². The zero-order chi connectivity index (χ0) is 14.7. The molecule has 0 saturated carbocycles. The van der Waals surface area contributed by atoms with Gasteiger partial charge in [-0.25, -0.2) is 9.97 Å². The molecule has 21 heavy (non-hydrogen) atoms. The summed E-state index contributed by atoms with van der Waals surface area (Å²) >= 11 is 0. The van der Waals surface area contributed by atoms with Crippen LogP contribution in [0.2, 0.25) is 0 Å². The summed E-state index contributed by atoms with van der Waals surface area (Å²) < 4.78 is 2.06. The third-order valence-corrected chi connectivity index (χ3v) is 3.88. The molecule has 6 heteroatoms. The fourth-order valence-corrected chi connectivity index (χ4v) is 2.54. The fourth-order valence-electron chi connectivity index (χ4n) is 2.54. The second-order valence-corrected chi connectivity index (χ2v) is 5.28. The summed E-state index contributed by atoms with van der Waals surface area (Å²) in [6, 6.07) is 5.85. The van der Waals surface area contributed by atoms with E-state index in [9.17, 15) is 0 Å². The minimum absolute atomic E-state index is 0.605. The van der Waals surface area contributed by atoms with Gasteiger partial charge < -0.3 is 9.47 Å². The van der Waals surface area contributed by atoms with Gasteiger partial charge in [0.25, 0.3) is 0 Å². The van der Waals surface area contributed by atoms with Gasteiger partial charge in [0.2, 0.25) is 0 Å². The summed E-state index contributed by atoms with van der Waals surface area (Å²) in [5.74, 6) is 0.953. The Hall–Kier alpha value is -2.39. The van der Waals surface area contributed by atoms with E-state index in [1.165, 1.54) is 5.69 Å². The van der Waals surface area contributed by atoms with Crippen LogP contribution in [0.5, 0.6) is 0 Å². The lowest BCUT2D eigenvalue weighted by molar-refractivity contribution is 0.244. The molecule has 3 rings (SSSR count). The number of hydrogen-bond acceptors (Lipinski definition) is 5. The predicted molar refractivity (Wildman–Crippen MR) is 79.7 cm³/mol. The Morgan fingerprint density at radius 3 is 2.57 bits per heavy atom. The molecular weight excluding hydrogens is 264 g/mol. The van der Waals surface area contributed by atoms with Gasteiger partial charge in [0, 0.05) is 52.2 Å². The normalized spacial score (nSPS) is 15.9. The molecule has 0 amide bonds. The summed E-state index contributed by atoms with van der Waals surface area (Å²) in [6.07, 6.45) is 5.40. The Morgan fingerprint density at radius 1 is 1.19 bits per heavy atom. The van der Waals surface area contributed by atoms with Crippen LogP contribution in [0, 0.1) is 11.3 Å². The number of aryl methyl sites for hydroxylation is 1. The van der Waals surface area contributed by atoms with Crippen molar-refractivity contribution >= 4 is 5.82 Å². The lowest BCUT2D eigenvalue weighted by atomic mass is 10.2. The Morgan fingerprint density at radius 2 is 2.00 bits per heavy atom. The van der Waals surface area contributed by atoms with Crippen LogP contribution in [0.15, 0.2) is 30.9 Å². The van der Waals surface area contributed by atoms with Crippen LogP contribution >= 0.6 is 0 Å². The Labute approximate surface area is 124 Å². The van der Waals surface area contributed by atoms with Crippen molar-refractivity contribution in [3.8, 4) is 6.07 Å². The van der Waals surface area contributed by atoms with Crippen molar-refractivity contribution < 1.29 is 0 Å². The lowest BCUT2D eigenvalue weighted by Gasteiger charge is -2.35. The van der Waals surface area contributed by atoms with Crippen molar-refractivity contribution in [2.45, 2.75) is 6.54 Å². The first kappa shape index (κ1) is 13.6. The average Bonchev–Trinajstić information content (AvgIpc) is 2.93. The zero-order valence-corrected chi connectivity index (χ0v) is 12.1. The first-order valence-corrected chi connectivity index (χ1v) is 7.05. The van der Waals surface area contributed by atoms with Gasteiger partial charge in [-0.15, -0.1) is 0 Å². The molecule has 2 aromatic rings. The quantitative estimate of drug-likeness (QED) is 0.841. The number of aromatic nitrogens is 3. The number of piperazine rings is 1. The van der Waals surface area contributed by atoms with Crippen LogP contribution in [-0.2, 0) is 13.6 Å². The molecule has 0 bridgehead atoms. The van der Waals surface area contributed by atoms with E-state index in [0.29, 0.717) is 5.56 Å². The molecule has 0 radical (unpaired) electrons. The largest absolute Gasteiger partial charge is 0.354 e. The van der Waals surface area contributed by atoms with E-state index in [1.54, 1.807) is 6.20 Å². The second-order valence-electron chi connectivity index (χ2n) is 5.28. The molecular formula is C15H18N6. The maximum Gasteiger partial charge on any atom is 0.128 e. The van der Waals surface area contributed by atoms with Gasteiger partial charge >= 0.3 is 0 Å². The predicted octanol–water partition coefficient (Wildman–Crippen LogP) is 1.01. The van der Waals surface area contributed by atoms with Gasteiger partial charge in [0.05, 0.1) is 17.6 Å². The van der Waals surface area contributed by atoms with Crippen molar-refractivity contribution in [1.82, 2.24) is 19.4 Å². The van der Waals surface area contributed by atoms with Crippen LogP contribution in [-0.4, -0.2) is 45.6 Å². The van der Waals surface area contributed by atoms with E-state index in [0.717, 1.165) is 38.5 Å². The number of anilines is 1. The number of imidazole rings is 1. The third kappa shape index (κ3) is 3.03. The van der Waals surface area contributed by atoms with Crippen LogP contribution in [0.1, 0.15) is 11.3 Å². The van der Waals surface area contributed by atoms with Gasteiger partial charge in [-0.1, -0.05) is 0 Å². The smallest absolute Gasteiger partial charge is 0.128 e. The molecule has 0 aliphatic carbocycles. The first-order chi connectivity index (χ1) is 10.3. The summed E-state index contributed by atoms with van der Waals surface area (Å²) in [5.41, 5.74) is 1.84. The Balaban J connectivity index is 1.57. The fraction of sp³-hybridized carbons (Fsp3) is 0.400. The molecule has 0 atom stereocenters. The highest BCUT2D eigenvalue weighted by Crippen LogP contribution is 2.15. The topological polar surface area (TPSA) is 61.0 Å². The number of hydrogen-bond donors (Lipinski definition) is 0. The van der Waals surface area contributed by atoms with Gasteiger partial charge in [-0.3, -0.25) is 4.90 Å². The molecule has 0 N–H and O–H groups in total. The highest BCUT2D eigenvalue weighted by atomic mass is 15.3. The van der Waals surface area contributed by atoms with Crippen LogP contribution in [0.3, 0.4) is 0 Å². The van der Waals surface area contributed by atoms with Gasteiger partial charge in [-0.05, 0) is 12.1 Å². The molecule has 3 heterocycles. The zero-order valence-electron chi connectivity index (χ0n) is 12.1. The number of pyridine rings is 1. The van der Waals surface area contributed by atoms with E-state index in [2.05, 4.69) is 30.4 Å². The SMILES string of the molecule is Cn1cncc1CN1CCN(c2ccc(C#N)cn2)CC1. The van der Waals surface area contributed by atoms with Crippen molar-refractivity contribution in [2.24, 2.45) is 7.05 Å². The van der Waals surface area contributed by atoms with Crippen molar-refractivity contribution in [2.75, 3.05) is 31.1 Å². The molecule has 6 nitrogen and oxygen atoms in total. The van der Waals surface area contributed by atoms with Crippen LogP contribution < -0.4 is 4.90 Å². The summed E-state index contributed by atoms with van der Waals surface area (Å²) in [5, 5.41) is 8.80. The number of nitriles is 1. The van der Waals surface area contributed by atoms with E-state index in [-0.39, 0.29) is 0 Å². The van der Waals surface area contributed by atoms with E-state index < -0.39 is 0 Å². The minimum atomic E-state index is 0.605.